The Morgan fingerprint density at radius 3 is 2.62 bits per heavy atom. The van der Waals surface area contributed by atoms with E-state index in [1.807, 2.05) is 13.2 Å². The average Bonchev–Trinajstić information content (AvgIpc) is 2.69. The van der Waals surface area contributed by atoms with Gasteiger partial charge in [0.05, 0.1) is 18.1 Å². The molecule has 2 rings (SSSR count). The van der Waals surface area contributed by atoms with Crippen molar-refractivity contribution in [3.05, 3.63) is 12.0 Å². The molecule has 0 saturated carbocycles. The highest BCUT2D eigenvalue weighted by Gasteiger charge is 2.16. The van der Waals surface area contributed by atoms with E-state index in [4.69, 9.17) is 0 Å². The number of hydrogen-bond donors (Lipinski definition) is 1. The first-order valence-corrected chi connectivity index (χ1v) is 7.41. The van der Waals surface area contributed by atoms with Crippen LogP contribution in [0.3, 0.4) is 0 Å². The minimum absolute atomic E-state index is 0.260. The van der Waals surface area contributed by atoms with Gasteiger partial charge in [0.1, 0.15) is 11.6 Å². The Balaban J connectivity index is 2.29. The number of anilines is 1. The number of nitrogens with one attached hydrogen (secondary N) is 1. The predicted molar refractivity (Wildman–Crippen MR) is 86.3 cm³/mol. The first-order valence-electron chi connectivity index (χ1n) is 7.41. The van der Waals surface area contributed by atoms with Crippen molar-refractivity contribution in [2.24, 2.45) is 12.5 Å². The van der Waals surface area contributed by atoms with Gasteiger partial charge in [-0.25, -0.2) is 9.97 Å². The monoisotopic (exact) mass is 290 g/mol. The second-order valence-corrected chi connectivity index (χ2v) is 6.76. The van der Waals surface area contributed by atoms with Crippen LogP contribution in [0.4, 0.5) is 5.82 Å². The number of fused-ring (bicyclic) bond motifs is 1. The molecule has 0 aliphatic carbocycles. The maximum atomic E-state index is 4.66. The minimum Gasteiger partial charge on any atom is -0.370 e. The Hall–Kier alpha value is -1.69. The third-order valence-electron chi connectivity index (χ3n) is 3.14. The van der Waals surface area contributed by atoms with Crippen LogP contribution >= 0.6 is 0 Å². The largest absolute Gasteiger partial charge is 0.370 e. The summed E-state index contributed by atoms with van der Waals surface area (Å²) in [6.45, 7) is 11.3. The summed E-state index contributed by atoms with van der Waals surface area (Å²) >= 11 is 0. The molecule has 0 saturated heterocycles. The highest BCUT2D eigenvalue weighted by molar-refractivity contribution is 5.86. The molecule has 0 radical (unpaired) electrons. The normalized spacial score (nSPS) is 12.3. The van der Waals surface area contributed by atoms with Crippen LogP contribution in [0.1, 0.15) is 33.5 Å². The van der Waals surface area contributed by atoms with Gasteiger partial charge in [0.25, 0.3) is 0 Å². The molecule has 0 bridgehead atoms. The van der Waals surface area contributed by atoms with E-state index < -0.39 is 0 Å². The zero-order valence-electron chi connectivity index (χ0n) is 13.9. The van der Waals surface area contributed by atoms with Crippen LogP contribution in [0.5, 0.6) is 0 Å². The molecule has 2 aromatic rings. The molecule has 0 amide bonds. The van der Waals surface area contributed by atoms with Crippen molar-refractivity contribution in [2.75, 3.05) is 25.5 Å². The average molecular weight is 290 g/mol. The second kappa shape index (κ2) is 5.97. The molecular formula is C15H26N6. The SMILES string of the molecule is CCNc1nc(CN(C)CC(C)(C)C)nc2c1cnn2C. The fraction of sp³-hybridized carbons (Fsp3) is 0.667. The van der Waals surface area contributed by atoms with Crippen molar-refractivity contribution in [3.8, 4) is 0 Å². The van der Waals surface area contributed by atoms with Crippen molar-refractivity contribution in [3.63, 3.8) is 0 Å². The highest BCUT2D eigenvalue weighted by Crippen LogP contribution is 2.20. The van der Waals surface area contributed by atoms with Gasteiger partial charge in [0.2, 0.25) is 0 Å². The van der Waals surface area contributed by atoms with Crippen LogP contribution < -0.4 is 5.32 Å². The van der Waals surface area contributed by atoms with Crippen LogP contribution in [0.2, 0.25) is 0 Å². The Bertz CT molecular complexity index is 610. The fourth-order valence-electron chi connectivity index (χ4n) is 2.55. The van der Waals surface area contributed by atoms with Gasteiger partial charge in [-0.1, -0.05) is 20.8 Å². The van der Waals surface area contributed by atoms with E-state index >= 15 is 0 Å². The summed E-state index contributed by atoms with van der Waals surface area (Å²) in [5.74, 6) is 1.70. The molecule has 0 atom stereocenters. The number of aromatic nitrogens is 4. The summed E-state index contributed by atoms with van der Waals surface area (Å²) in [6.07, 6.45) is 1.82. The maximum Gasteiger partial charge on any atom is 0.163 e. The molecule has 21 heavy (non-hydrogen) atoms. The number of hydrogen-bond acceptors (Lipinski definition) is 5. The lowest BCUT2D eigenvalue weighted by Gasteiger charge is -2.26. The lowest BCUT2D eigenvalue weighted by Crippen LogP contribution is -2.29. The van der Waals surface area contributed by atoms with E-state index in [9.17, 15) is 0 Å². The first kappa shape index (κ1) is 15.7. The van der Waals surface area contributed by atoms with Gasteiger partial charge in [-0.05, 0) is 19.4 Å². The summed E-state index contributed by atoms with van der Waals surface area (Å²) in [4.78, 5) is 11.6. The first-order chi connectivity index (χ1) is 9.80. The summed E-state index contributed by atoms with van der Waals surface area (Å²) in [7, 11) is 4.02. The van der Waals surface area contributed by atoms with Crippen LogP contribution in [0.15, 0.2) is 6.20 Å². The Morgan fingerprint density at radius 1 is 1.29 bits per heavy atom. The van der Waals surface area contributed by atoms with Gasteiger partial charge in [-0.15, -0.1) is 0 Å². The minimum atomic E-state index is 0.260. The molecule has 0 spiro atoms. The number of nitrogens with zero attached hydrogens (tertiary/aromatic N) is 5. The topological polar surface area (TPSA) is 58.9 Å². The van der Waals surface area contributed by atoms with Gasteiger partial charge in [-0.2, -0.15) is 5.10 Å². The standard InChI is InChI=1S/C15H26N6/c1-7-16-13-11-8-17-21(6)14(11)19-12(18-13)9-20(5)10-15(2,3)4/h8H,7,9-10H2,1-6H3,(H,16,18,19). The smallest absolute Gasteiger partial charge is 0.163 e. The van der Waals surface area contributed by atoms with E-state index in [1.54, 1.807) is 4.68 Å². The van der Waals surface area contributed by atoms with Crippen LogP contribution in [0, 0.1) is 5.41 Å². The lowest BCUT2D eigenvalue weighted by atomic mass is 9.96. The zero-order chi connectivity index (χ0) is 15.6. The summed E-state index contributed by atoms with van der Waals surface area (Å²) < 4.78 is 1.80. The molecule has 116 valence electrons. The van der Waals surface area contributed by atoms with Gasteiger partial charge < -0.3 is 5.32 Å². The van der Waals surface area contributed by atoms with Crippen molar-refractivity contribution in [1.82, 2.24) is 24.6 Å². The molecule has 2 heterocycles. The maximum absolute atomic E-state index is 4.66. The third kappa shape index (κ3) is 3.91. The van der Waals surface area contributed by atoms with E-state index in [0.29, 0.717) is 0 Å². The molecule has 0 aliphatic rings. The molecule has 1 N–H and O–H groups in total. The van der Waals surface area contributed by atoms with Crippen molar-refractivity contribution < 1.29 is 0 Å². The van der Waals surface area contributed by atoms with Crippen molar-refractivity contribution in [2.45, 2.75) is 34.2 Å². The molecule has 0 fully saturated rings. The lowest BCUT2D eigenvalue weighted by molar-refractivity contribution is 0.217. The van der Waals surface area contributed by atoms with Crippen molar-refractivity contribution >= 4 is 16.9 Å². The Labute approximate surface area is 126 Å². The van der Waals surface area contributed by atoms with Gasteiger partial charge in [0, 0.05) is 20.1 Å². The van der Waals surface area contributed by atoms with Crippen LogP contribution in [-0.2, 0) is 13.6 Å². The molecule has 0 unspecified atom stereocenters. The van der Waals surface area contributed by atoms with E-state index in [2.05, 4.69) is 60.0 Å². The molecule has 2 aromatic heterocycles. The van der Waals surface area contributed by atoms with Gasteiger partial charge in [0.15, 0.2) is 5.65 Å². The second-order valence-electron chi connectivity index (χ2n) is 6.76. The van der Waals surface area contributed by atoms with Crippen molar-refractivity contribution in [1.29, 1.82) is 0 Å². The molecule has 6 nitrogen and oxygen atoms in total. The van der Waals surface area contributed by atoms with Crippen LogP contribution in [0.25, 0.3) is 11.0 Å². The molecule has 0 aliphatic heterocycles. The van der Waals surface area contributed by atoms with E-state index in [1.165, 1.54) is 0 Å². The molecule has 0 aromatic carbocycles. The van der Waals surface area contributed by atoms with E-state index in [0.717, 1.165) is 42.3 Å². The van der Waals surface area contributed by atoms with E-state index in [-0.39, 0.29) is 5.41 Å². The predicted octanol–water partition coefficient (Wildman–Crippen LogP) is 2.27. The Kier molecular flexibility index (Phi) is 4.46. The number of rotatable bonds is 5. The summed E-state index contributed by atoms with van der Waals surface area (Å²) in [5.41, 5.74) is 1.13. The summed E-state index contributed by atoms with van der Waals surface area (Å²) in [6, 6.07) is 0. The van der Waals surface area contributed by atoms with Gasteiger partial charge >= 0.3 is 0 Å². The Morgan fingerprint density at radius 2 is 2.00 bits per heavy atom. The highest BCUT2D eigenvalue weighted by atomic mass is 15.3. The molecular weight excluding hydrogens is 264 g/mol. The fourth-order valence-corrected chi connectivity index (χ4v) is 2.55. The quantitative estimate of drug-likeness (QED) is 0.915. The third-order valence-corrected chi connectivity index (χ3v) is 3.14. The van der Waals surface area contributed by atoms with Gasteiger partial charge in [-0.3, -0.25) is 9.58 Å². The number of aryl methyl sites for hydroxylation is 1. The zero-order valence-corrected chi connectivity index (χ0v) is 13.9. The van der Waals surface area contributed by atoms with Crippen LogP contribution in [-0.4, -0.2) is 44.8 Å². The summed E-state index contributed by atoms with van der Waals surface area (Å²) in [5, 5.41) is 8.56. The molecule has 6 heteroatoms.